The summed E-state index contributed by atoms with van der Waals surface area (Å²) in [6.45, 7) is 3.69. The second-order valence-corrected chi connectivity index (χ2v) is 8.02. The SMILES string of the molecule is O=c1[nH]c2cccccc-2c1-c1nc2cc(N3CCN(c4ccccn4)CC3)ccc2[nH]1. The van der Waals surface area contributed by atoms with E-state index < -0.39 is 0 Å². The summed E-state index contributed by atoms with van der Waals surface area (Å²) in [7, 11) is 0. The van der Waals surface area contributed by atoms with E-state index in [9.17, 15) is 4.79 Å². The van der Waals surface area contributed by atoms with Crippen molar-refractivity contribution in [2.75, 3.05) is 36.0 Å². The van der Waals surface area contributed by atoms with Crippen molar-refractivity contribution < 1.29 is 0 Å². The third-order valence-electron chi connectivity index (χ3n) is 6.10. The summed E-state index contributed by atoms with van der Waals surface area (Å²) >= 11 is 0. The van der Waals surface area contributed by atoms with Crippen molar-refractivity contribution in [3.05, 3.63) is 83.3 Å². The standard InChI is InChI=1S/C25H22N6O/c32-25-23(18-6-2-1-3-7-19(18)29-25)24-27-20-10-9-17(16-21(20)28-24)30-12-14-31(15-13-30)22-8-4-5-11-26-22/h1-11,16H,12-15H2,(H,27,28)(H,29,32). The summed E-state index contributed by atoms with van der Waals surface area (Å²) in [5.41, 5.74) is 5.05. The van der Waals surface area contributed by atoms with E-state index in [-0.39, 0.29) is 5.56 Å². The van der Waals surface area contributed by atoms with Crippen molar-refractivity contribution in [2.45, 2.75) is 0 Å². The van der Waals surface area contributed by atoms with Crippen LogP contribution in [0.4, 0.5) is 11.5 Å². The molecular formula is C25H22N6O. The Kier molecular flexibility index (Phi) is 4.38. The van der Waals surface area contributed by atoms with Crippen LogP contribution in [0.1, 0.15) is 0 Å². The fourth-order valence-corrected chi connectivity index (χ4v) is 4.46. The Balaban J connectivity index is 1.28. The van der Waals surface area contributed by atoms with Gasteiger partial charge in [0.1, 0.15) is 11.6 Å². The normalized spacial score (nSPS) is 14.4. The molecule has 1 aromatic carbocycles. The van der Waals surface area contributed by atoms with E-state index in [1.54, 1.807) is 0 Å². The molecule has 3 aliphatic rings. The minimum atomic E-state index is -0.129. The van der Waals surface area contributed by atoms with E-state index in [4.69, 9.17) is 4.98 Å². The van der Waals surface area contributed by atoms with Gasteiger partial charge in [0.15, 0.2) is 0 Å². The summed E-state index contributed by atoms with van der Waals surface area (Å²) in [6, 6.07) is 21.9. The minimum absolute atomic E-state index is 0.129. The zero-order chi connectivity index (χ0) is 21.5. The Morgan fingerprint density at radius 3 is 2.47 bits per heavy atom. The quantitative estimate of drug-likeness (QED) is 0.463. The van der Waals surface area contributed by atoms with E-state index in [2.05, 4.69) is 43.0 Å². The molecule has 0 unspecified atom stereocenters. The number of aromatic amines is 2. The van der Waals surface area contributed by atoms with Crippen LogP contribution in [0, 0.1) is 0 Å². The van der Waals surface area contributed by atoms with Gasteiger partial charge in [-0.15, -0.1) is 0 Å². The Bertz CT molecular complexity index is 1420. The molecule has 7 nitrogen and oxygen atoms in total. The van der Waals surface area contributed by atoms with Crippen molar-refractivity contribution in [1.29, 1.82) is 0 Å². The molecule has 4 heterocycles. The largest absolute Gasteiger partial charge is 0.368 e. The van der Waals surface area contributed by atoms with Gasteiger partial charge in [-0.3, -0.25) is 4.79 Å². The van der Waals surface area contributed by atoms with Crippen LogP contribution >= 0.6 is 0 Å². The zero-order valence-corrected chi connectivity index (χ0v) is 17.5. The topological polar surface area (TPSA) is 80.9 Å². The molecule has 32 heavy (non-hydrogen) atoms. The number of H-pyrrole nitrogens is 2. The second-order valence-electron chi connectivity index (χ2n) is 8.02. The van der Waals surface area contributed by atoms with Gasteiger partial charge in [-0.2, -0.15) is 0 Å². The van der Waals surface area contributed by atoms with E-state index >= 15 is 0 Å². The number of piperazine rings is 1. The summed E-state index contributed by atoms with van der Waals surface area (Å²) in [6.07, 6.45) is 1.84. The highest BCUT2D eigenvalue weighted by atomic mass is 16.1. The molecule has 3 aromatic rings. The predicted octanol–water partition coefficient (Wildman–Crippen LogP) is 3.74. The van der Waals surface area contributed by atoms with Crippen molar-refractivity contribution >= 4 is 22.5 Å². The van der Waals surface area contributed by atoms with Crippen LogP contribution in [0.15, 0.2) is 77.7 Å². The molecule has 0 atom stereocenters. The Morgan fingerprint density at radius 1 is 0.812 bits per heavy atom. The van der Waals surface area contributed by atoms with Crippen molar-refractivity contribution in [3.63, 3.8) is 0 Å². The molecule has 0 bridgehead atoms. The lowest BCUT2D eigenvalue weighted by Gasteiger charge is -2.36. The lowest BCUT2D eigenvalue weighted by atomic mass is 10.1. The van der Waals surface area contributed by atoms with Gasteiger partial charge in [0.2, 0.25) is 0 Å². The first kappa shape index (κ1) is 18.6. The summed E-state index contributed by atoms with van der Waals surface area (Å²) in [5.74, 6) is 1.62. The number of nitrogens with zero attached hydrogens (tertiary/aromatic N) is 4. The number of aromatic nitrogens is 4. The van der Waals surface area contributed by atoms with Gasteiger partial charge in [0.05, 0.1) is 16.6 Å². The summed E-state index contributed by atoms with van der Waals surface area (Å²) in [4.78, 5) is 32.9. The smallest absolute Gasteiger partial charge is 0.260 e. The first-order chi connectivity index (χ1) is 15.8. The average molecular weight is 422 g/mol. The lowest BCUT2D eigenvalue weighted by molar-refractivity contribution is 0.648. The van der Waals surface area contributed by atoms with Crippen molar-refractivity contribution in [1.82, 2.24) is 19.9 Å². The highest BCUT2D eigenvalue weighted by Gasteiger charge is 2.21. The Hall–Kier alpha value is -4.13. The first-order valence-electron chi connectivity index (χ1n) is 10.8. The number of nitrogens with one attached hydrogen (secondary N) is 2. The van der Waals surface area contributed by atoms with Crippen molar-refractivity contribution in [3.8, 4) is 22.6 Å². The number of hydrogen-bond donors (Lipinski definition) is 2. The van der Waals surface area contributed by atoms with Gasteiger partial charge in [0, 0.05) is 49.3 Å². The number of rotatable bonds is 3. The molecule has 1 aliphatic carbocycles. The molecule has 2 N–H and O–H groups in total. The maximum atomic E-state index is 12.6. The maximum absolute atomic E-state index is 12.6. The van der Waals surface area contributed by atoms with Gasteiger partial charge < -0.3 is 19.8 Å². The van der Waals surface area contributed by atoms with Crippen molar-refractivity contribution in [2.24, 2.45) is 0 Å². The summed E-state index contributed by atoms with van der Waals surface area (Å²) < 4.78 is 0. The number of imidazole rings is 1. The number of pyridine rings is 1. The predicted molar refractivity (Wildman–Crippen MR) is 127 cm³/mol. The molecule has 158 valence electrons. The van der Waals surface area contributed by atoms with Crippen LogP contribution in [0.3, 0.4) is 0 Å². The third kappa shape index (κ3) is 3.19. The monoisotopic (exact) mass is 422 g/mol. The molecule has 2 aromatic heterocycles. The molecule has 1 fully saturated rings. The molecule has 2 aliphatic heterocycles. The molecule has 0 saturated carbocycles. The molecular weight excluding hydrogens is 400 g/mol. The van der Waals surface area contributed by atoms with Crippen LogP contribution in [-0.2, 0) is 0 Å². The highest BCUT2D eigenvalue weighted by Crippen LogP contribution is 2.30. The minimum Gasteiger partial charge on any atom is -0.368 e. The maximum Gasteiger partial charge on any atom is 0.260 e. The molecule has 1 saturated heterocycles. The van der Waals surface area contributed by atoms with E-state index in [0.717, 1.165) is 60.0 Å². The van der Waals surface area contributed by atoms with Gasteiger partial charge in [-0.05, 0) is 36.4 Å². The zero-order valence-electron chi connectivity index (χ0n) is 17.5. The fourth-order valence-electron chi connectivity index (χ4n) is 4.46. The first-order valence-corrected chi connectivity index (χ1v) is 10.8. The number of fused-ring (bicyclic) bond motifs is 2. The van der Waals surface area contributed by atoms with Gasteiger partial charge >= 0.3 is 0 Å². The number of hydrogen-bond acceptors (Lipinski definition) is 5. The lowest BCUT2D eigenvalue weighted by Crippen LogP contribution is -2.46. The van der Waals surface area contributed by atoms with Crippen LogP contribution in [0.25, 0.3) is 33.7 Å². The van der Waals surface area contributed by atoms with Crippen LogP contribution in [0.2, 0.25) is 0 Å². The molecule has 0 spiro atoms. The Morgan fingerprint density at radius 2 is 1.62 bits per heavy atom. The highest BCUT2D eigenvalue weighted by molar-refractivity contribution is 5.87. The van der Waals surface area contributed by atoms with E-state index in [1.165, 1.54) is 0 Å². The Labute approximate surface area is 184 Å². The summed E-state index contributed by atoms with van der Waals surface area (Å²) in [5, 5.41) is 0. The van der Waals surface area contributed by atoms with Crippen LogP contribution < -0.4 is 15.4 Å². The second kappa shape index (κ2) is 7.53. The third-order valence-corrected chi connectivity index (χ3v) is 6.10. The van der Waals surface area contributed by atoms with Gasteiger partial charge in [-0.25, -0.2) is 9.97 Å². The number of benzene rings is 1. The van der Waals surface area contributed by atoms with Gasteiger partial charge in [0.25, 0.3) is 5.56 Å². The molecule has 0 radical (unpaired) electrons. The van der Waals surface area contributed by atoms with E-state index in [0.29, 0.717) is 11.4 Å². The molecule has 6 rings (SSSR count). The molecule has 0 amide bonds. The number of anilines is 2. The van der Waals surface area contributed by atoms with E-state index in [1.807, 2.05) is 54.7 Å². The van der Waals surface area contributed by atoms with Crippen LogP contribution in [-0.4, -0.2) is 46.1 Å². The molecule has 7 heteroatoms. The van der Waals surface area contributed by atoms with Gasteiger partial charge in [-0.1, -0.05) is 30.3 Å². The average Bonchev–Trinajstić information content (AvgIpc) is 3.30. The van der Waals surface area contributed by atoms with Crippen LogP contribution in [0.5, 0.6) is 0 Å². The fraction of sp³-hybridized carbons (Fsp3) is 0.160.